The van der Waals surface area contributed by atoms with Crippen molar-refractivity contribution in [3.63, 3.8) is 0 Å². The van der Waals surface area contributed by atoms with Crippen LogP contribution in [0, 0.1) is 11.8 Å². The molecule has 0 bridgehead atoms. The maximum absolute atomic E-state index is 12.1. The van der Waals surface area contributed by atoms with Gasteiger partial charge in [0, 0.05) is 0 Å². The Morgan fingerprint density at radius 1 is 1.09 bits per heavy atom. The molecule has 0 amide bonds. The van der Waals surface area contributed by atoms with Gasteiger partial charge in [-0.3, -0.25) is 0 Å². The number of rotatable bonds is 0. The molecular formula is C8H9F3. The first kappa shape index (κ1) is 8.37. The fourth-order valence-corrected chi connectivity index (χ4v) is 1.13. The minimum Gasteiger partial charge on any atom is -0.170 e. The average molecular weight is 162 g/mol. The smallest absolute Gasteiger partial charge is 0.170 e. The molecule has 1 aliphatic rings. The third-order valence-corrected chi connectivity index (χ3v) is 1.79. The molecule has 2 atom stereocenters. The maximum Gasteiger partial charge on any atom is 0.395 e. The highest BCUT2D eigenvalue weighted by Crippen LogP contribution is 2.35. The summed E-state index contributed by atoms with van der Waals surface area (Å²) in [7, 11) is 0. The summed E-state index contributed by atoms with van der Waals surface area (Å²) in [6, 6.07) is 0. The number of alkyl halides is 3. The van der Waals surface area contributed by atoms with E-state index < -0.39 is 18.0 Å². The quantitative estimate of drug-likeness (QED) is 0.513. The Hall–Kier alpha value is -0.730. The summed E-state index contributed by atoms with van der Waals surface area (Å²) in [6.45, 7) is 1.57. The zero-order valence-electron chi connectivity index (χ0n) is 6.10. The van der Waals surface area contributed by atoms with E-state index in [0.29, 0.717) is 0 Å². The molecule has 0 aromatic rings. The predicted octanol–water partition coefficient (Wildman–Crippen LogP) is 2.93. The van der Waals surface area contributed by atoms with Crippen LogP contribution in [0.25, 0.3) is 0 Å². The van der Waals surface area contributed by atoms with Crippen molar-refractivity contribution in [1.29, 1.82) is 0 Å². The zero-order chi connectivity index (χ0) is 8.48. The Balaban J connectivity index is 2.74. The molecule has 0 N–H and O–H groups in total. The molecular weight excluding hydrogens is 153 g/mol. The number of hydrogen-bond acceptors (Lipinski definition) is 0. The van der Waals surface area contributed by atoms with Gasteiger partial charge >= 0.3 is 6.18 Å². The molecule has 0 aromatic heterocycles. The lowest BCUT2D eigenvalue weighted by Gasteiger charge is -2.22. The lowest BCUT2D eigenvalue weighted by molar-refractivity contribution is -0.169. The molecule has 0 nitrogen and oxygen atoms in total. The molecule has 3 heteroatoms. The standard InChI is InChI=1S/C8H9F3/c1-6-4-2-3-5-7(6)8(9,10)11/h2-7H,1H3/t6?,7-/m1/s1. The van der Waals surface area contributed by atoms with Crippen LogP contribution < -0.4 is 0 Å². The predicted molar refractivity (Wildman–Crippen MR) is 37.0 cm³/mol. The van der Waals surface area contributed by atoms with Gasteiger partial charge < -0.3 is 0 Å². The van der Waals surface area contributed by atoms with Gasteiger partial charge in [0.15, 0.2) is 0 Å². The summed E-state index contributed by atoms with van der Waals surface area (Å²) in [5.41, 5.74) is 0. The van der Waals surface area contributed by atoms with Crippen LogP contribution in [0.15, 0.2) is 24.3 Å². The van der Waals surface area contributed by atoms with Gasteiger partial charge in [-0.25, -0.2) is 0 Å². The van der Waals surface area contributed by atoms with Crippen molar-refractivity contribution in [3.05, 3.63) is 24.3 Å². The Labute approximate surface area is 63.4 Å². The Morgan fingerprint density at radius 3 is 2.00 bits per heavy atom. The minimum atomic E-state index is -4.10. The van der Waals surface area contributed by atoms with Crippen molar-refractivity contribution in [1.82, 2.24) is 0 Å². The molecule has 0 saturated heterocycles. The second-order valence-electron chi connectivity index (χ2n) is 2.70. The Bertz CT molecular complexity index is 188. The first-order valence-corrected chi connectivity index (χ1v) is 3.43. The molecule has 62 valence electrons. The monoisotopic (exact) mass is 162 g/mol. The van der Waals surface area contributed by atoms with E-state index in [0.717, 1.165) is 0 Å². The Morgan fingerprint density at radius 2 is 1.64 bits per heavy atom. The lowest BCUT2D eigenvalue weighted by atomic mass is 9.90. The molecule has 1 unspecified atom stereocenters. The summed E-state index contributed by atoms with van der Waals surface area (Å²) in [4.78, 5) is 0. The van der Waals surface area contributed by atoms with Crippen LogP contribution in [-0.2, 0) is 0 Å². The Kier molecular flexibility index (Phi) is 2.07. The molecule has 0 aromatic carbocycles. The van der Waals surface area contributed by atoms with Gasteiger partial charge in [0.05, 0.1) is 5.92 Å². The minimum absolute atomic E-state index is 0.431. The average Bonchev–Trinajstić information content (AvgIpc) is 1.86. The van der Waals surface area contributed by atoms with E-state index in [2.05, 4.69) is 0 Å². The summed E-state index contributed by atoms with van der Waals surface area (Å²) in [5.74, 6) is -1.73. The maximum atomic E-state index is 12.1. The van der Waals surface area contributed by atoms with E-state index in [-0.39, 0.29) is 0 Å². The lowest BCUT2D eigenvalue weighted by Crippen LogP contribution is -2.27. The molecule has 0 spiro atoms. The molecule has 0 aliphatic heterocycles. The summed E-state index contributed by atoms with van der Waals surface area (Å²) in [6.07, 6.45) is 1.76. The SMILES string of the molecule is CC1C=CC=C[C@H]1C(F)(F)F. The van der Waals surface area contributed by atoms with Crippen LogP contribution in [0.1, 0.15) is 6.92 Å². The first-order chi connectivity index (χ1) is 5.02. The zero-order valence-corrected chi connectivity index (χ0v) is 6.10. The van der Waals surface area contributed by atoms with Crippen LogP contribution in [0.5, 0.6) is 0 Å². The fraction of sp³-hybridized carbons (Fsp3) is 0.500. The van der Waals surface area contributed by atoms with Crippen LogP contribution in [0.4, 0.5) is 13.2 Å². The summed E-state index contributed by atoms with van der Waals surface area (Å²) < 4.78 is 36.3. The number of halogens is 3. The van der Waals surface area contributed by atoms with E-state index in [1.54, 1.807) is 19.1 Å². The number of allylic oxidation sites excluding steroid dienone is 4. The van der Waals surface area contributed by atoms with E-state index in [9.17, 15) is 13.2 Å². The van der Waals surface area contributed by atoms with Gasteiger partial charge in [0.2, 0.25) is 0 Å². The van der Waals surface area contributed by atoms with E-state index in [1.165, 1.54) is 12.2 Å². The van der Waals surface area contributed by atoms with Crippen molar-refractivity contribution < 1.29 is 13.2 Å². The normalized spacial score (nSPS) is 30.9. The van der Waals surface area contributed by atoms with Crippen LogP contribution in [-0.4, -0.2) is 6.18 Å². The second kappa shape index (κ2) is 2.72. The van der Waals surface area contributed by atoms with E-state index >= 15 is 0 Å². The highest BCUT2D eigenvalue weighted by molar-refractivity contribution is 5.14. The molecule has 0 saturated carbocycles. The molecule has 11 heavy (non-hydrogen) atoms. The van der Waals surface area contributed by atoms with Gasteiger partial charge in [-0.05, 0) is 5.92 Å². The van der Waals surface area contributed by atoms with Crippen molar-refractivity contribution in [2.24, 2.45) is 11.8 Å². The van der Waals surface area contributed by atoms with Crippen molar-refractivity contribution in [2.75, 3.05) is 0 Å². The van der Waals surface area contributed by atoms with Gasteiger partial charge in [-0.2, -0.15) is 13.2 Å². The summed E-state index contributed by atoms with van der Waals surface area (Å²) in [5, 5.41) is 0. The van der Waals surface area contributed by atoms with Crippen molar-refractivity contribution >= 4 is 0 Å². The molecule has 1 rings (SSSR count). The van der Waals surface area contributed by atoms with Crippen molar-refractivity contribution in [3.8, 4) is 0 Å². The molecule has 0 fully saturated rings. The third-order valence-electron chi connectivity index (χ3n) is 1.79. The molecule has 0 heterocycles. The van der Waals surface area contributed by atoms with Gasteiger partial charge in [-0.15, -0.1) is 0 Å². The number of hydrogen-bond donors (Lipinski definition) is 0. The largest absolute Gasteiger partial charge is 0.395 e. The topological polar surface area (TPSA) is 0 Å². The van der Waals surface area contributed by atoms with E-state index in [4.69, 9.17) is 0 Å². The van der Waals surface area contributed by atoms with Crippen LogP contribution >= 0.6 is 0 Å². The van der Waals surface area contributed by atoms with Gasteiger partial charge in [-0.1, -0.05) is 31.2 Å². The highest BCUT2D eigenvalue weighted by atomic mass is 19.4. The van der Waals surface area contributed by atoms with E-state index in [1.807, 2.05) is 0 Å². The van der Waals surface area contributed by atoms with Crippen LogP contribution in [0.2, 0.25) is 0 Å². The van der Waals surface area contributed by atoms with Gasteiger partial charge in [0.25, 0.3) is 0 Å². The third kappa shape index (κ3) is 1.85. The summed E-state index contributed by atoms with van der Waals surface area (Å²) >= 11 is 0. The van der Waals surface area contributed by atoms with Crippen molar-refractivity contribution in [2.45, 2.75) is 13.1 Å². The molecule has 0 radical (unpaired) electrons. The molecule has 1 aliphatic carbocycles. The van der Waals surface area contributed by atoms with Crippen LogP contribution in [0.3, 0.4) is 0 Å². The van der Waals surface area contributed by atoms with Gasteiger partial charge in [0.1, 0.15) is 0 Å². The fourth-order valence-electron chi connectivity index (χ4n) is 1.13. The second-order valence-corrected chi connectivity index (χ2v) is 2.70. The highest BCUT2D eigenvalue weighted by Gasteiger charge is 2.40. The first-order valence-electron chi connectivity index (χ1n) is 3.43.